The van der Waals surface area contributed by atoms with Gasteiger partial charge in [-0.3, -0.25) is 0 Å². The third-order valence-electron chi connectivity index (χ3n) is 5.21. The molecule has 0 spiro atoms. The van der Waals surface area contributed by atoms with E-state index in [0.717, 1.165) is 21.4 Å². The molecule has 30 heavy (non-hydrogen) atoms. The van der Waals surface area contributed by atoms with Crippen molar-refractivity contribution >= 4 is 22.7 Å². The summed E-state index contributed by atoms with van der Waals surface area (Å²) in [6.45, 7) is 3.90. The van der Waals surface area contributed by atoms with Crippen LogP contribution in [-0.2, 0) is 0 Å². The van der Waals surface area contributed by atoms with Gasteiger partial charge in [-0.1, -0.05) is 48.5 Å². The van der Waals surface area contributed by atoms with E-state index in [9.17, 15) is 9.59 Å². The predicted molar refractivity (Wildman–Crippen MR) is 117 cm³/mol. The number of aryl methyl sites for hydroxylation is 2. The van der Waals surface area contributed by atoms with Crippen LogP contribution in [0.25, 0.3) is 16.7 Å². The van der Waals surface area contributed by atoms with Crippen molar-refractivity contribution in [3.8, 4) is 5.69 Å². The molecule has 148 valence electrons. The van der Waals surface area contributed by atoms with Crippen molar-refractivity contribution < 1.29 is 0 Å². The second-order valence-corrected chi connectivity index (χ2v) is 7.18. The first kappa shape index (κ1) is 17.9. The van der Waals surface area contributed by atoms with Gasteiger partial charge >= 0.3 is 11.4 Å². The maximum atomic E-state index is 13.4. The lowest BCUT2D eigenvalue weighted by Gasteiger charge is -2.12. The monoisotopic (exact) mass is 397 g/mol. The van der Waals surface area contributed by atoms with E-state index in [1.165, 1.54) is 9.03 Å². The van der Waals surface area contributed by atoms with Gasteiger partial charge in [0.15, 0.2) is 0 Å². The topological polar surface area (TPSA) is 72.8 Å². The summed E-state index contributed by atoms with van der Waals surface area (Å²) in [5.74, 6) is 0.280. The molecule has 0 atom stereocenters. The Balaban J connectivity index is 1.92. The Morgan fingerprint density at radius 3 is 2.17 bits per heavy atom. The van der Waals surface area contributed by atoms with E-state index in [1.54, 1.807) is 30.3 Å². The lowest BCUT2D eigenvalue weighted by Crippen LogP contribution is -2.26. The molecule has 0 radical (unpaired) electrons. The fraction of sp³-hybridized carbons (Fsp3) is 0.0870. The number of hydrogen-bond acceptors (Lipinski definition) is 4. The molecule has 2 heterocycles. The van der Waals surface area contributed by atoms with E-state index >= 15 is 0 Å². The highest BCUT2D eigenvalue weighted by molar-refractivity contribution is 5.79. The SMILES string of the molecule is Cc1ccccc1Nc1nc2c(C)cccc2n2c(=O)n(-c3ccccc3)c(=O)n12. The summed E-state index contributed by atoms with van der Waals surface area (Å²) in [6.07, 6.45) is 0. The third kappa shape index (κ3) is 2.63. The lowest BCUT2D eigenvalue weighted by atomic mass is 10.2. The van der Waals surface area contributed by atoms with Crippen LogP contribution in [0.4, 0.5) is 11.6 Å². The summed E-state index contributed by atoms with van der Waals surface area (Å²) < 4.78 is 3.83. The molecule has 0 unspecified atom stereocenters. The zero-order valence-electron chi connectivity index (χ0n) is 16.5. The summed E-state index contributed by atoms with van der Waals surface area (Å²) in [6, 6.07) is 22.2. The molecule has 0 bridgehead atoms. The second kappa shape index (κ2) is 6.73. The van der Waals surface area contributed by atoms with Gasteiger partial charge in [0.2, 0.25) is 5.95 Å². The fourth-order valence-electron chi connectivity index (χ4n) is 3.66. The fourth-order valence-corrected chi connectivity index (χ4v) is 3.66. The number of anilines is 2. The van der Waals surface area contributed by atoms with E-state index in [4.69, 9.17) is 4.98 Å². The summed E-state index contributed by atoms with van der Waals surface area (Å²) in [5, 5.41) is 3.25. The highest BCUT2D eigenvalue weighted by Crippen LogP contribution is 2.21. The maximum absolute atomic E-state index is 13.4. The zero-order valence-corrected chi connectivity index (χ0v) is 16.5. The average Bonchev–Trinajstić information content (AvgIpc) is 3.02. The van der Waals surface area contributed by atoms with Crippen molar-refractivity contribution in [2.75, 3.05) is 5.32 Å². The lowest BCUT2D eigenvalue weighted by molar-refractivity contribution is 0.792. The molecule has 0 saturated carbocycles. The summed E-state index contributed by atoms with van der Waals surface area (Å²) in [7, 11) is 0. The molecule has 0 aliphatic carbocycles. The van der Waals surface area contributed by atoms with Crippen LogP contribution in [-0.4, -0.2) is 18.6 Å². The van der Waals surface area contributed by atoms with Gasteiger partial charge in [-0.05, 0) is 49.2 Å². The first-order valence-electron chi connectivity index (χ1n) is 9.60. The Morgan fingerprint density at radius 2 is 1.40 bits per heavy atom. The first-order chi connectivity index (χ1) is 14.6. The van der Waals surface area contributed by atoms with Crippen LogP contribution < -0.4 is 16.7 Å². The van der Waals surface area contributed by atoms with Crippen LogP contribution in [0, 0.1) is 13.8 Å². The second-order valence-electron chi connectivity index (χ2n) is 7.18. The number of nitrogens with one attached hydrogen (secondary N) is 1. The Kier molecular flexibility index (Phi) is 4.03. The van der Waals surface area contributed by atoms with Crippen molar-refractivity contribution in [1.82, 2.24) is 18.6 Å². The molecule has 0 aliphatic heterocycles. The predicted octanol–water partition coefficient (Wildman–Crippen LogP) is 3.46. The number of benzene rings is 3. The summed E-state index contributed by atoms with van der Waals surface area (Å²) in [4.78, 5) is 31.5. The number of fused-ring (bicyclic) bond motifs is 3. The number of para-hydroxylation sites is 3. The Morgan fingerprint density at radius 1 is 0.733 bits per heavy atom. The molecule has 3 aromatic carbocycles. The molecule has 0 saturated heterocycles. The van der Waals surface area contributed by atoms with Gasteiger partial charge in [0, 0.05) is 5.69 Å². The van der Waals surface area contributed by atoms with E-state index < -0.39 is 11.4 Å². The van der Waals surface area contributed by atoms with Gasteiger partial charge in [0.1, 0.15) is 0 Å². The smallest absolute Gasteiger partial charge is 0.324 e. The molecule has 7 nitrogen and oxygen atoms in total. The van der Waals surface area contributed by atoms with Crippen LogP contribution >= 0.6 is 0 Å². The Hall–Kier alpha value is -4.13. The molecule has 0 fully saturated rings. The van der Waals surface area contributed by atoms with Crippen LogP contribution in [0.3, 0.4) is 0 Å². The minimum atomic E-state index is -0.488. The largest absolute Gasteiger partial charge is 0.359 e. The van der Waals surface area contributed by atoms with E-state index in [-0.39, 0.29) is 5.95 Å². The Bertz CT molecular complexity index is 1530. The zero-order chi connectivity index (χ0) is 20.8. The normalized spacial score (nSPS) is 11.3. The van der Waals surface area contributed by atoms with E-state index in [0.29, 0.717) is 16.7 Å². The first-order valence-corrected chi connectivity index (χ1v) is 9.60. The standard InChI is InChI=1S/C23H19N5O2/c1-15-9-6-7-13-18(15)24-21-25-20-16(2)10-8-14-19(20)27-22(29)26(23(30)28(21)27)17-11-4-3-5-12-17/h3-14H,1-2H3,(H,24,25). The number of nitrogens with zero attached hydrogens (tertiary/aromatic N) is 4. The average molecular weight is 397 g/mol. The van der Waals surface area contributed by atoms with Crippen LogP contribution in [0.1, 0.15) is 11.1 Å². The van der Waals surface area contributed by atoms with Crippen LogP contribution in [0.15, 0.2) is 82.4 Å². The van der Waals surface area contributed by atoms with Crippen molar-refractivity contribution in [1.29, 1.82) is 0 Å². The van der Waals surface area contributed by atoms with Crippen LogP contribution in [0.2, 0.25) is 0 Å². The van der Waals surface area contributed by atoms with E-state index in [2.05, 4.69) is 5.32 Å². The molecule has 5 rings (SSSR count). The third-order valence-corrected chi connectivity index (χ3v) is 5.21. The molecule has 2 aromatic heterocycles. The molecule has 1 N–H and O–H groups in total. The minimum absolute atomic E-state index is 0.280. The van der Waals surface area contributed by atoms with Crippen molar-refractivity contribution in [3.05, 3.63) is 105 Å². The van der Waals surface area contributed by atoms with Crippen LogP contribution in [0.5, 0.6) is 0 Å². The number of aromatic nitrogens is 4. The molecule has 5 aromatic rings. The number of hydrogen-bond donors (Lipinski definition) is 1. The van der Waals surface area contributed by atoms with Crippen molar-refractivity contribution in [2.45, 2.75) is 13.8 Å². The van der Waals surface area contributed by atoms with Gasteiger partial charge in [-0.2, -0.15) is 9.03 Å². The molecule has 0 aliphatic rings. The Labute approximate surface area is 171 Å². The molecular weight excluding hydrogens is 378 g/mol. The molecular formula is C23H19N5O2. The van der Waals surface area contributed by atoms with Gasteiger partial charge in [-0.25, -0.2) is 19.1 Å². The summed E-state index contributed by atoms with van der Waals surface area (Å²) in [5.41, 5.74) is 3.52. The van der Waals surface area contributed by atoms with Gasteiger partial charge < -0.3 is 5.32 Å². The summed E-state index contributed by atoms with van der Waals surface area (Å²) >= 11 is 0. The number of rotatable bonds is 3. The minimum Gasteiger partial charge on any atom is -0.324 e. The molecule has 0 amide bonds. The maximum Gasteiger partial charge on any atom is 0.359 e. The highest BCUT2D eigenvalue weighted by Gasteiger charge is 2.20. The quantitative estimate of drug-likeness (QED) is 0.506. The highest BCUT2D eigenvalue weighted by atomic mass is 16.2. The van der Waals surface area contributed by atoms with Crippen molar-refractivity contribution in [3.63, 3.8) is 0 Å². The van der Waals surface area contributed by atoms with Gasteiger partial charge in [0.25, 0.3) is 0 Å². The van der Waals surface area contributed by atoms with E-state index in [1.807, 2.05) is 56.3 Å². The van der Waals surface area contributed by atoms with Gasteiger partial charge in [-0.15, -0.1) is 0 Å². The molecule has 7 heteroatoms. The van der Waals surface area contributed by atoms with Crippen molar-refractivity contribution in [2.24, 2.45) is 0 Å². The van der Waals surface area contributed by atoms with Gasteiger partial charge in [0.05, 0.1) is 16.7 Å².